The fraction of sp³-hybridized carbons (Fsp3) is 0.269. The van der Waals surface area contributed by atoms with Gasteiger partial charge in [0.15, 0.2) is 5.03 Å². The van der Waals surface area contributed by atoms with E-state index in [1.54, 1.807) is 30.5 Å². The molecule has 0 bridgehead atoms. The lowest BCUT2D eigenvalue weighted by Gasteiger charge is -2.36. The van der Waals surface area contributed by atoms with E-state index in [0.717, 1.165) is 23.9 Å². The summed E-state index contributed by atoms with van der Waals surface area (Å²) in [4.78, 5) is 26.9. The summed E-state index contributed by atoms with van der Waals surface area (Å²) in [5.74, 6) is 0.694. The van der Waals surface area contributed by atoms with Gasteiger partial charge in [0.05, 0.1) is 5.56 Å². The van der Waals surface area contributed by atoms with Crippen LogP contribution in [0.2, 0.25) is 0 Å². The van der Waals surface area contributed by atoms with E-state index in [9.17, 15) is 13.2 Å². The molecule has 1 aliphatic rings. The van der Waals surface area contributed by atoms with Crippen molar-refractivity contribution in [1.82, 2.24) is 19.7 Å². The van der Waals surface area contributed by atoms with Crippen molar-refractivity contribution in [1.29, 1.82) is 0 Å². The lowest BCUT2D eigenvalue weighted by atomic mass is 9.90. The quantitative estimate of drug-likeness (QED) is 0.396. The van der Waals surface area contributed by atoms with Gasteiger partial charge >= 0.3 is 0 Å². The van der Waals surface area contributed by atoms with Gasteiger partial charge in [0, 0.05) is 41.4 Å². The molecule has 2 N–H and O–H groups in total. The maximum Gasteiger partial charge on any atom is 0.281 e. The molecule has 3 aromatic heterocycles. The van der Waals surface area contributed by atoms with Crippen molar-refractivity contribution in [2.24, 2.45) is 5.92 Å². The molecule has 0 aliphatic carbocycles. The van der Waals surface area contributed by atoms with Crippen LogP contribution in [0.5, 0.6) is 11.6 Å². The average molecular weight is 506 g/mol. The fourth-order valence-corrected chi connectivity index (χ4v) is 5.37. The van der Waals surface area contributed by atoms with Crippen LogP contribution in [0, 0.1) is 5.92 Å². The van der Waals surface area contributed by atoms with E-state index in [0.29, 0.717) is 17.5 Å². The van der Waals surface area contributed by atoms with Gasteiger partial charge in [-0.05, 0) is 68.7 Å². The van der Waals surface area contributed by atoms with Crippen molar-refractivity contribution >= 4 is 32.7 Å². The molecule has 0 spiro atoms. The van der Waals surface area contributed by atoms with Crippen LogP contribution in [-0.4, -0.2) is 41.4 Å². The Labute approximate surface area is 209 Å². The van der Waals surface area contributed by atoms with Crippen LogP contribution >= 0.6 is 0 Å². The van der Waals surface area contributed by atoms with Crippen molar-refractivity contribution in [2.75, 3.05) is 11.4 Å². The highest BCUT2D eigenvalue weighted by Gasteiger charge is 2.40. The third-order valence-electron chi connectivity index (χ3n) is 6.92. The number of nitrogens with one attached hydrogen (secondary N) is 2. The predicted molar refractivity (Wildman–Crippen MR) is 137 cm³/mol. The smallest absolute Gasteiger partial charge is 0.281 e. The number of aromatic amines is 1. The second-order valence-electron chi connectivity index (χ2n) is 9.45. The molecule has 1 unspecified atom stereocenters. The Morgan fingerprint density at radius 2 is 2.00 bits per heavy atom. The fourth-order valence-electron chi connectivity index (χ4n) is 4.45. The maximum absolute atomic E-state index is 13.2. The number of carbonyl (C=O) groups is 1. The molecule has 10 heteroatoms. The van der Waals surface area contributed by atoms with Crippen LogP contribution in [0.3, 0.4) is 0 Å². The molecule has 1 aromatic carbocycles. The van der Waals surface area contributed by atoms with E-state index >= 15 is 0 Å². The first-order valence-corrected chi connectivity index (χ1v) is 13.2. The van der Waals surface area contributed by atoms with Crippen LogP contribution in [0.4, 0.5) is 5.82 Å². The Balaban J connectivity index is 1.38. The van der Waals surface area contributed by atoms with Crippen molar-refractivity contribution in [2.45, 2.75) is 37.8 Å². The summed E-state index contributed by atoms with van der Waals surface area (Å²) in [6, 6.07) is 14.9. The first kappa shape index (κ1) is 23.8. The van der Waals surface area contributed by atoms with E-state index < -0.39 is 15.9 Å². The highest BCUT2D eigenvalue weighted by atomic mass is 32.2. The number of H-pyrrole nitrogens is 1. The zero-order valence-electron chi connectivity index (χ0n) is 20.2. The molecule has 0 saturated carbocycles. The third kappa shape index (κ3) is 4.39. The summed E-state index contributed by atoms with van der Waals surface area (Å²) < 4.78 is 34.1. The molecule has 1 amide bonds. The van der Waals surface area contributed by atoms with Gasteiger partial charge in [0.25, 0.3) is 15.9 Å². The first-order valence-electron chi connectivity index (χ1n) is 11.7. The average Bonchev–Trinajstić information content (AvgIpc) is 3.42. The second kappa shape index (κ2) is 8.94. The molecule has 186 valence electrons. The third-order valence-corrected chi connectivity index (χ3v) is 8.15. The molecule has 36 heavy (non-hydrogen) atoms. The second-order valence-corrected chi connectivity index (χ2v) is 11.1. The minimum Gasteiger partial charge on any atom is -0.439 e. The number of amides is 1. The van der Waals surface area contributed by atoms with Gasteiger partial charge in [-0.15, -0.1) is 0 Å². The number of pyridine rings is 2. The molecule has 4 aromatic rings. The Kier molecular flexibility index (Phi) is 5.91. The number of anilines is 1. The van der Waals surface area contributed by atoms with Crippen LogP contribution in [-0.2, 0) is 10.0 Å². The Bertz CT molecular complexity index is 1550. The number of aromatic nitrogens is 3. The van der Waals surface area contributed by atoms with Gasteiger partial charge in [0.1, 0.15) is 11.6 Å². The van der Waals surface area contributed by atoms with E-state index in [2.05, 4.69) is 45.3 Å². The van der Waals surface area contributed by atoms with Crippen molar-refractivity contribution in [3.63, 3.8) is 0 Å². The maximum atomic E-state index is 13.2. The number of benzene rings is 1. The minimum atomic E-state index is -4.27. The van der Waals surface area contributed by atoms with Crippen LogP contribution in [0.25, 0.3) is 10.9 Å². The number of nitrogens with zero attached hydrogens (tertiary/aromatic N) is 3. The number of sulfonamides is 1. The van der Waals surface area contributed by atoms with Crippen LogP contribution in [0.1, 0.15) is 37.6 Å². The van der Waals surface area contributed by atoms with Crippen molar-refractivity contribution in [3.8, 4) is 11.6 Å². The van der Waals surface area contributed by atoms with Gasteiger partial charge in [0.2, 0.25) is 5.88 Å². The Morgan fingerprint density at radius 3 is 2.78 bits per heavy atom. The number of carbonyl (C=O) groups excluding carboxylic acids is 1. The summed E-state index contributed by atoms with van der Waals surface area (Å²) in [5, 5.41) is 0.628. The van der Waals surface area contributed by atoms with Crippen LogP contribution < -0.4 is 14.4 Å². The molecule has 1 fully saturated rings. The number of fused-ring (bicyclic) bond motifs is 1. The molecule has 9 nitrogen and oxygen atoms in total. The largest absolute Gasteiger partial charge is 0.439 e. The van der Waals surface area contributed by atoms with Gasteiger partial charge in [-0.25, -0.2) is 9.71 Å². The molecular formula is C26H27N5O4S. The van der Waals surface area contributed by atoms with Crippen molar-refractivity contribution < 1.29 is 17.9 Å². The molecule has 5 rings (SSSR count). The Hall–Kier alpha value is -3.92. The molecule has 1 saturated heterocycles. The molecular weight excluding hydrogens is 478 g/mol. The van der Waals surface area contributed by atoms with E-state index in [4.69, 9.17) is 4.74 Å². The lowest BCUT2D eigenvalue weighted by Crippen LogP contribution is -2.43. The Morgan fingerprint density at radius 1 is 1.17 bits per heavy atom. The lowest BCUT2D eigenvalue weighted by molar-refractivity contribution is 0.0981. The highest BCUT2D eigenvalue weighted by molar-refractivity contribution is 7.90. The number of ether oxygens (including phenoxy) is 1. The summed E-state index contributed by atoms with van der Waals surface area (Å²) in [6.07, 6.45) is 4.38. The molecule has 1 atom stereocenters. The summed E-state index contributed by atoms with van der Waals surface area (Å²) in [5.41, 5.74) is 0.921. The zero-order chi connectivity index (χ0) is 25.5. The number of rotatable bonds is 6. The van der Waals surface area contributed by atoms with Gasteiger partial charge < -0.3 is 14.6 Å². The topological polar surface area (TPSA) is 117 Å². The minimum absolute atomic E-state index is 0.0927. The van der Waals surface area contributed by atoms with E-state index in [1.807, 2.05) is 24.4 Å². The SMILES string of the molecule is CC1CCN(c2ncccc2C(=O)NS(=O)(=O)c2cccc(Oc3ccc4[nH]ccc4c3)n2)C1(C)C. The highest BCUT2D eigenvalue weighted by Crippen LogP contribution is 2.38. The zero-order valence-corrected chi connectivity index (χ0v) is 21.0. The molecule has 1 aliphatic heterocycles. The summed E-state index contributed by atoms with van der Waals surface area (Å²) in [6.45, 7) is 7.08. The summed E-state index contributed by atoms with van der Waals surface area (Å²) >= 11 is 0. The summed E-state index contributed by atoms with van der Waals surface area (Å²) in [7, 11) is -4.27. The van der Waals surface area contributed by atoms with Gasteiger partial charge in [-0.3, -0.25) is 4.79 Å². The first-order chi connectivity index (χ1) is 17.1. The molecule has 4 heterocycles. The molecule has 0 radical (unpaired) electrons. The van der Waals surface area contributed by atoms with Gasteiger partial charge in [-0.1, -0.05) is 13.0 Å². The standard InChI is InChI=1S/C26H27N5O4S/c1-17-12-15-31(26(17,2)3)24-20(6-5-13-28-24)25(32)30-36(33,34)23-8-4-7-22(29-23)35-19-9-10-21-18(16-19)11-14-27-21/h4-11,13-14,16-17,27H,12,15H2,1-3H3,(H,30,32). The number of hydrogen-bond donors (Lipinski definition) is 2. The van der Waals surface area contributed by atoms with E-state index in [1.165, 1.54) is 12.1 Å². The number of hydrogen-bond acceptors (Lipinski definition) is 7. The monoisotopic (exact) mass is 505 g/mol. The normalized spacial score (nSPS) is 17.3. The van der Waals surface area contributed by atoms with Gasteiger partial charge in [-0.2, -0.15) is 13.4 Å². The van der Waals surface area contributed by atoms with Crippen LogP contribution in [0.15, 0.2) is 72.0 Å². The van der Waals surface area contributed by atoms with E-state index in [-0.39, 0.29) is 22.0 Å². The van der Waals surface area contributed by atoms with Crippen molar-refractivity contribution in [3.05, 3.63) is 72.6 Å². The predicted octanol–water partition coefficient (Wildman–Crippen LogP) is 4.49.